The summed E-state index contributed by atoms with van der Waals surface area (Å²) in [6, 6.07) is 9.46. The highest BCUT2D eigenvalue weighted by atomic mass is 16.3. The third-order valence-electron chi connectivity index (χ3n) is 5.37. The van der Waals surface area contributed by atoms with Crippen LogP contribution in [0.3, 0.4) is 0 Å². The Labute approximate surface area is 144 Å². The number of likely N-dealkylation sites (tertiary alicyclic amines) is 2. The van der Waals surface area contributed by atoms with Crippen LogP contribution in [-0.2, 0) is 10.4 Å². The number of hydrogen-bond acceptors (Lipinski definition) is 4. The Kier molecular flexibility index (Phi) is 5.54. The van der Waals surface area contributed by atoms with Crippen molar-refractivity contribution in [2.75, 3.05) is 39.8 Å². The molecule has 1 aromatic rings. The highest BCUT2D eigenvalue weighted by Gasteiger charge is 2.42. The summed E-state index contributed by atoms with van der Waals surface area (Å²) in [6.45, 7) is 3.92. The summed E-state index contributed by atoms with van der Waals surface area (Å²) >= 11 is 0. The Hall–Kier alpha value is -1.43. The van der Waals surface area contributed by atoms with E-state index in [1.165, 1.54) is 19.3 Å². The fourth-order valence-electron chi connectivity index (χ4n) is 3.89. The molecule has 2 aliphatic rings. The Bertz CT molecular complexity index is 545. The van der Waals surface area contributed by atoms with E-state index in [9.17, 15) is 9.90 Å². The van der Waals surface area contributed by atoms with Crippen LogP contribution in [0.2, 0.25) is 0 Å². The first kappa shape index (κ1) is 17.4. The van der Waals surface area contributed by atoms with Crippen LogP contribution in [-0.4, -0.2) is 66.6 Å². The van der Waals surface area contributed by atoms with Gasteiger partial charge in [0, 0.05) is 13.1 Å². The summed E-state index contributed by atoms with van der Waals surface area (Å²) in [6.07, 6.45) is 4.24. The number of nitrogens with one attached hydrogen (secondary N) is 1. The van der Waals surface area contributed by atoms with Gasteiger partial charge in [0.25, 0.3) is 0 Å². The summed E-state index contributed by atoms with van der Waals surface area (Å²) in [7, 11) is 2.04. The van der Waals surface area contributed by atoms with E-state index in [1.807, 2.05) is 37.4 Å². The SMILES string of the molecule is CN1CCC(O)(c2ccccc2)C(NC(=O)CN2CCCCC2)C1. The summed E-state index contributed by atoms with van der Waals surface area (Å²) in [4.78, 5) is 16.9. The van der Waals surface area contributed by atoms with E-state index >= 15 is 0 Å². The first-order valence-electron chi connectivity index (χ1n) is 9.06. The highest BCUT2D eigenvalue weighted by molar-refractivity contribution is 5.78. The molecule has 2 fully saturated rings. The number of benzene rings is 1. The van der Waals surface area contributed by atoms with Gasteiger partial charge in [-0.05, 0) is 45.0 Å². The predicted octanol–water partition coefficient (Wildman–Crippen LogP) is 1.18. The molecule has 0 aliphatic carbocycles. The molecule has 5 nitrogen and oxygen atoms in total. The fourth-order valence-corrected chi connectivity index (χ4v) is 3.89. The molecule has 2 heterocycles. The number of nitrogens with zero attached hydrogens (tertiary/aromatic N) is 2. The van der Waals surface area contributed by atoms with E-state index in [0.717, 1.165) is 25.2 Å². The third-order valence-corrected chi connectivity index (χ3v) is 5.37. The zero-order valence-electron chi connectivity index (χ0n) is 14.6. The molecular formula is C19H29N3O2. The summed E-state index contributed by atoms with van der Waals surface area (Å²) in [5.41, 5.74) is -0.105. The second-order valence-corrected chi connectivity index (χ2v) is 7.26. The van der Waals surface area contributed by atoms with Gasteiger partial charge >= 0.3 is 0 Å². The van der Waals surface area contributed by atoms with Crippen molar-refractivity contribution in [1.82, 2.24) is 15.1 Å². The van der Waals surface area contributed by atoms with Crippen LogP contribution in [0.1, 0.15) is 31.2 Å². The molecule has 0 bridgehead atoms. The molecule has 2 aliphatic heterocycles. The average Bonchev–Trinajstić information content (AvgIpc) is 2.60. The highest BCUT2D eigenvalue weighted by Crippen LogP contribution is 2.32. The number of likely N-dealkylation sites (N-methyl/N-ethyl adjacent to an activating group) is 1. The molecule has 2 N–H and O–H groups in total. The minimum absolute atomic E-state index is 0.0200. The maximum absolute atomic E-state index is 12.5. The largest absolute Gasteiger partial charge is 0.383 e. The number of hydrogen-bond donors (Lipinski definition) is 2. The molecule has 0 aromatic heterocycles. The number of carbonyl (C=O) groups is 1. The van der Waals surface area contributed by atoms with Crippen molar-refractivity contribution in [3.63, 3.8) is 0 Å². The van der Waals surface area contributed by atoms with Gasteiger partial charge in [-0.1, -0.05) is 36.8 Å². The van der Waals surface area contributed by atoms with Crippen molar-refractivity contribution < 1.29 is 9.90 Å². The van der Waals surface area contributed by atoms with Crippen molar-refractivity contribution in [1.29, 1.82) is 0 Å². The minimum Gasteiger partial charge on any atom is -0.383 e. The van der Waals surface area contributed by atoms with Crippen LogP contribution in [0.25, 0.3) is 0 Å². The van der Waals surface area contributed by atoms with Crippen molar-refractivity contribution in [3.05, 3.63) is 35.9 Å². The average molecular weight is 331 g/mol. The predicted molar refractivity (Wildman–Crippen MR) is 94.7 cm³/mol. The lowest BCUT2D eigenvalue weighted by Crippen LogP contribution is -2.61. The van der Waals surface area contributed by atoms with Crippen LogP contribution >= 0.6 is 0 Å². The minimum atomic E-state index is -0.995. The molecule has 0 spiro atoms. The molecule has 1 amide bonds. The Morgan fingerprint density at radius 1 is 1.21 bits per heavy atom. The Balaban J connectivity index is 1.69. The van der Waals surface area contributed by atoms with Crippen molar-refractivity contribution in [3.8, 4) is 0 Å². The zero-order valence-corrected chi connectivity index (χ0v) is 14.6. The van der Waals surface area contributed by atoms with Gasteiger partial charge < -0.3 is 15.3 Å². The summed E-state index contributed by atoms with van der Waals surface area (Å²) < 4.78 is 0. The lowest BCUT2D eigenvalue weighted by Gasteiger charge is -2.44. The number of amides is 1. The summed E-state index contributed by atoms with van der Waals surface area (Å²) in [5, 5.41) is 14.4. The van der Waals surface area contributed by atoms with Gasteiger partial charge in [-0.15, -0.1) is 0 Å². The van der Waals surface area contributed by atoms with Gasteiger partial charge in [0.15, 0.2) is 0 Å². The normalized spacial score (nSPS) is 29.3. The van der Waals surface area contributed by atoms with Crippen LogP contribution in [0.4, 0.5) is 0 Å². The number of piperidine rings is 2. The number of carbonyl (C=O) groups excluding carboxylic acids is 1. The fraction of sp³-hybridized carbons (Fsp3) is 0.632. The number of rotatable bonds is 4. The van der Waals surface area contributed by atoms with E-state index < -0.39 is 5.60 Å². The van der Waals surface area contributed by atoms with E-state index in [1.54, 1.807) is 0 Å². The van der Waals surface area contributed by atoms with E-state index in [-0.39, 0.29) is 11.9 Å². The van der Waals surface area contributed by atoms with Gasteiger partial charge in [0.05, 0.1) is 12.6 Å². The van der Waals surface area contributed by atoms with Crippen molar-refractivity contribution >= 4 is 5.91 Å². The summed E-state index contributed by atoms with van der Waals surface area (Å²) in [5.74, 6) is 0.0200. The standard InChI is InChI=1S/C19H29N3O2/c1-21-13-10-19(24,16-8-4-2-5-9-16)17(14-21)20-18(23)15-22-11-6-3-7-12-22/h2,4-5,8-9,17,24H,3,6-7,10-15H2,1H3,(H,20,23). The molecule has 5 heteroatoms. The van der Waals surface area contributed by atoms with E-state index in [4.69, 9.17) is 0 Å². The molecular weight excluding hydrogens is 302 g/mol. The van der Waals surface area contributed by atoms with E-state index in [0.29, 0.717) is 19.5 Å². The van der Waals surface area contributed by atoms with Gasteiger partial charge in [-0.3, -0.25) is 9.69 Å². The zero-order chi connectivity index (χ0) is 17.0. The lowest BCUT2D eigenvalue weighted by molar-refractivity contribution is -0.128. The van der Waals surface area contributed by atoms with Crippen molar-refractivity contribution in [2.24, 2.45) is 0 Å². The maximum atomic E-state index is 12.5. The second-order valence-electron chi connectivity index (χ2n) is 7.26. The first-order chi connectivity index (χ1) is 11.6. The van der Waals surface area contributed by atoms with Gasteiger partial charge in [0.2, 0.25) is 5.91 Å². The molecule has 0 saturated carbocycles. The molecule has 132 valence electrons. The first-order valence-corrected chi connectivity index (χ1v) is 9.06. The third kappa shape index (κ3) is 3.97. The van der Waals surface area contributed by atoms with Crippen LogP contribution in [0.15, 0.2) is 30.3 Å². The number of aliphatic hydroxyl groups is 1. The van der Waals surface area contributed by atoms with Gasteiger partial charge in [-0.2, -0.15) is 0 Å². The van der Waals surface area contributed by atoms with E-state index in [2.05, 4.69) is 15.1 Å². The van der Waals surface area contributed by atoms with Crippen LogP contribution in [0, 0.1) is 0 Å². The Morgan fingerprint density at radius 2 is 1.92 bits per heavy atom. The van der Waals surface area contributed by atoms with Gasteiger partial charge in [-0.25, -0.2) is 0 Å². The maximum Gasteiger partial charge on any atom is 0.234 e. The smallest absolute Gasteiger partial charge is 0.234 e. The Morgan fingerprint density at radius 3 is 2.62 bits per heavy atom. The molecule has 2 saturated heterocycles. The van der Waals surface area contributed by atoms with Gasteiger partial charge in [0.1, 0.15) is 5.60 Å². The van der Waals surface area contributed by atoms with Crippen LogP contribution in [0.5, 0.6) is 0 Å². The quantitative estimate of drug-likeness (QED) is 0.870. The molecule has 24 heavy (non-hydrogen) atoms. The lowest BCUT2D eigenvalue weighted by atomic mass is 9.80. The second kappa shape index (κ2) is 7.64. The van der Waals surface area contributed by atoms with Crippen LogP contribution < -0.4 is 5.32 Å². The topological polar surface area (TPSA) is 55.8 Å². The molecule has 0 radical (unpaired) electrons. The molecule has 1 aromatic carbocycles. The molecule has 2 atom stereocenters. The van der Waals surface area contributed by atoms with Crippen molar-refractivity contribution in [2.45, 2.75) is 37.3 Å². The molecule has 3 rings (SSSR count). The monoisotopic (exact) mass is 331 g/mol. The molecule has 2 unspecified atom stereocenters.